The SMILES string of the molecule is C1CCC2SC3=C(SC(=C4SC5=C(OCCO5)S4)S3)SC2CC1. The average Bonchev–Trinajstić information content (AvgIpc) is 3.10. The molecule has 0 N–H and O–H groups in total. The van der Waals surface area contributed by atoms with Crippen LogP contribution in [0.25, 0.3) is 0 Å². The van der Waals surface area contributed by atoms with Crippen LogP contribution in [0.15, 0.2) is 27.1 Å². The fraction of sp³-hybridized carbons (Fsp3) is 0.600. The molecule has 4 aliphatic heterocycles. The van der Waals surface area contributed by atoms with E-state index in [1.165, 1.54) is 40.6 Å². The molecule has 0 bridgehead atoms. The number of rotatable bonds is 0. The Hall–Kier alpha value is 0.920. The van der Waals surface area contributed by atoms with E-state index in [0.29, 0.717) is 13.2 Å². The molecule has 0 saturated heterocycles. The van der Waals surface area contributed by atoms with Crippen molar-refractivity contribution < 1.29 is 9.47 Å². The highest BCUT2D eigenvalue weighted by molar-refractivity contribution is 8.43. The molecule has 2 unspecified atom stereocenters. The van der Waals surface area contributed by atoms with Crippen LogP contribution in [0.3, 0.4) is 0 Å². The normalized spacial score (nSPS) is 33.7. The summed E-state index contributed by atoms with van der Waals surface area (Å²) >= 11 is 11.8. The van der Waals surface area contributed by atoms with Crippen LogP contribution in [0, 0.1) is 0 Å². The Bertz CT molecular complexity index is 577. The predicted octanol–water partition coefficient (Wildman–Crippen LogP) is 6.55. The monoisotopic (exact) mass is 420 g/mol. The van der Waals surface area contributed by atoms with Crippen molar-refractivity contribution in [2.45, 2.75) is 42.6 Å². The molecule has 0 aromatic heterocycles. The molecule has 0 aromatic carbocycles. The molecule has 0 amide bonds. The fourth-order valence-corrected chi connectivity index (χ4v) is 12.6. The van der Waals surface area contributed by atoms with Crippen molar-refractivity contribution in [3.8, 4) is 0 Å². The molecule has 0 spiro atoms. The average molecular weight is 421 g/mol. The maximum Gasteiger partial charge on any atom is 0.208 e. The van der Waals surface area contributed by atoms with Crippen LogP contribution < -0.4 is 0 Å². The summed E-state index contributed by atoms with van der Waals surface area (Å²) in [6.45, 7) is 1.36. The highest BCUT2D eigenvalue weighted by Crippen LogP contribution is 2.67. The van der Waals surface area contributed by atoms with Crippen molar-refractivity contribution in [3.05, 3.63) is 27.1 Å². The lowest BCUT2D eigenvalue weighted by molar-refractivity contribution is 0.0949. The van der Waals surface area contributed by atoms with Crippen LogP contribution in [0.1, 0.15) is 32.1 Å². The standard InChI is InChI=1S/C15H16O2S6/c1-2-4-8-9(5-3-1)19-13-12(18-8)22-15(23-13)14-20-10-11(21-14)17-7-6-16-10/h8-9H,1-7H2. The molecule has 0 radical (unpaired) electrons. The Morgan fingerprint density at radius 1 is 0.609 bits per heavy atom. The molecule has 8 heteroatoms. The van der Waals surface area contributed by atoms with Crippen LogP contribution in [0.2, 0.25) is 0 Å². The molecule has 2 atom stereocenters. The lowest BCUT2D eigenvalue weighted by atomic mass is 10.2. The van der Waals surface area contributed by atoms with E-state index in [1.807, 2.05) is 23.5 Å². The van der Waals surface area contributed by atoms with Crippen molar-refractivity contribution in [2.75, 3.05) is 13.2 Å². The number of hydrogen-bond donors (Lipinski definition) is 0. The highest BCUT2D eigenvalue weighted by atomic mass is 32.3. The van der Waals surface area contributed by atoms with Gasteiger partial charge in [-0.15, -0.1) is 23.5 Å². The predicted molar refractivity (Wildman–Crippen MR) is 109 cm³/mol. The minimum Gasteiger partial charge on any atom is -0.480 e. The van der Waals surface area contributed by atoms with E-state index in [2.05, 4.69) is 23.5 Å². The van der Waals surface area contributed by atoms with Gasteiger partial charge in [-0.25, -0.2) is 0 Å². The van der Waals surface area contributed by atoms with Gasteiger partial charge in [-0.1, -0.05) is 42.8 Å². The molecular formula is C15H16O2S6. The second-order valence-electron chi connectivity index (χ2n) is 5.78. The van der Waals surface area contributed by atoms with Crippen LogP contribution >= 0.6 is 70.6 Å². The van der Waals surface area contributed by atoms with Crippen molar-refractivity contribution in [1.29, 1.82) is 0 Å². The molecule has 124 valence electrons. The van der Waals surface area contributed by atoms with Gasteiger partial charge in [0.05, 0.1) is 16.9 Å². The van der Waals surface area contributed by atoms with Gasteiger partial charge in [0.1, 0.15) is 13.2 Å². The van der Waals surface area contributed by atoms with E-state index in [9.17, 15) is 0 Å². The molecule has 1 fully saturated rings. The molecule has 5 rings (SSSR count). The molecular weight excluding hydrogens is 405 g/mol. The Balaban J connectivity index is 1.32. The van der Waals surface area contributed by atoms with Crippen LogP contribution in [-0.2, 0) is 9.47 Å². The van der Waals surface area contributed by atoms with E-state index in [1.54, 1.807) is 32.0 Å². The zero-order valence-corrected chi connectivity index (χ0v) is 17.3. The Kier molecular flexibility index (Phi) is 4.84. The van der Waals surface area contributed by atoms with Crippen LogP contribution in [0.4, 0.5) is 0 Å². The molecule has 0 aromatic rings. The molecule has 4 heterocycles. The summed E-state index contributed by atoms with van der Waals surface area (Å²) in [5.41, 5.74) is 0. The molecule has 23 heavy (non-hydrogen) atoms. The molecule has 1 saturated carbocycles. The quantitative estimate of drug-likeness (QED) is 0.433. The van der Waals surface area contributed by atoms with E-state index >= 15 is 0 Å². The highest BCUT2D eigenvalue weighted by Gasteiger charge is 2.39. The summed E-state index contributed by atoms with van der Waals surface area (Å²) in [5.74, 6) is 0. The van der Waals surface area contributed by atoms with Gasteiger partial charge in [-0.3, -0.25) is 0 Å². The summed E-state index contributed by atoms with van der Waals surface area (Å²) < 4.78 is 17.3. The van der Waals surface area contributed by atoms with Gasteiger partial charge in [0, 0.05) is 10.5 Å². The Labute approximate surface area is 162 Å². The first-order valence-corrected chi connectivity index (χ1v) is 12.9. The zero-order chi connectivity index (χ0) is 15.2. The lowest BCUT2D eigenvalue weighted by Gasteiger charge is -2.28. The van der Waals surface area contributed by atoms with Gasteiger partial charge in [0.2, 0.25) is 10.2 Å². The second-order valence-corrected chi connectivity index (χ2v) is 13.3. The third-order valence-corrected chi connectivity index (χ3v) is 13.5. The van der Waals surface area contributed by atoms with Gasteiger partial charge in [0.25, 0.3) is 0 Å². The van der Waals surface area contributed by atoms with Gasteiger partial charge in [-0.2, -0.15) is 0 Å². The number of hydrogen-bond acceptors (Lipinski definition) is 8. The number of fused-ring (bicyclic) bond motifs is 1. The Morgan fingerprint density at radius 2 is 1.13 bits per heavy atom. The largest absolute Gasteiger partial charge is 0.480 e. The molecule has 2 nitrogen and oxygen atoms in total. The van der Waals surface area contributed by atoms with Gasteiger partial charge in [0.15, 0.2) is 0 Å². The van der Waals surface area contributed by atoms with Crippen LogP contribution in [0.5, 0.6) is 0 Å². The van der Waals surface area contributed by atoms with Crippen LogP contribution in [-0.4, -0.2) is 23.7 Å². The van der Waals surface area contributed by atoms with Crippen molar-refractivity contribution in [2.24, 2.45) is 0 Å². The van der Waals surface area contributed by atoms with Crippen molar-refractivity contribution in [3.63, 3.8) is 0 Å². The van der Waals surface area contributed by atoms with E-state index in [0.717, 1.165) is 20.7 Å². The minimum absolute atomic E-state index is 0.680. The first kappa shape index (κ1) is 16.1. The summed E-state index contributed by atoms with van der Waals surface area (Å²) in [6, 6.07) is 0. The van der Waals surface area contributed by atoms with E-state index < -0.39 is 0 Å². The summed E-state index contributed by atoms with van der Waals surface area (Å²) in [5, 5.41) is 3.61. The number of ether oxygens (including phenoxy) is 2. The van der Waals surface area contributed by atoms with Gasteiger partial charge in [-0.05, 0) is 36.4 Å². The molecule has 5 aliphatic rings. The zero-order valence-electron chi connectivity index (χ0n) is 12.4. The summed E-state index contributed by atoms with van der Waals surface area (Å²) in [4.78, 5) is 0. The smallest absolute Gasteiger partial charge is 0.208 e. The van der Waals surface area contributed by atoms with E-state index in [4.69, 9.17) is 9.47 Å². The van der Waals surface area contributed by atoms with Crippen molar-refractivity contribution >= 4 is 70.6 Å². The first-order valence-electron chi connectivity index (χ1n) is 7.90. The maximum absolute atomic E-state index is 5.72. The third-order valence-electron chi connectivity index (χ3n) is 4.20. The number of thioether (sulfide) groups is 6. The maximum atomic E-state index is 5.72. The lowest BCUT2D eigenvalue weighted by Crippen LogP contribution is -2.20. The fourth-order valence-electron chi connectivity index (χ4n) is 3.09. The second kappa shape index (κ2) is 6.91. The van der Waals surface area contributed by atoms with Gasteiger partial charge >= 0.3 is 0 Å². The topological polar surface area (TPSA) is 18.5 Å². The third kappa shape index (κ3) is 3.21. The molecule has 1 aliphatic carbocycles. The first-order chi connectivity index (χ1) is 11.4. The summed E-state index contributed by atoms with van der Waals surface area (Å²) in [6.07, 6.45) is 7.06. The summed E-state index contributed by atoms with van der Waals surface area (Å²) in [7, 11) is 0. The Morgan fingerprint density at radius 3 is 1.70 bits per heavy atom. The van der Waals surface area contributed by atoms with Crippen molar-refractivity contribution in [1.82, 2.24) is 0 Å². The van der Waals surface area contributed by atoms with Gasteiger partial charge < -0.3 is 9.47 Å². The van der Waals surface area contributed by atoms with E-state index in [-0.39, 0.29) is 0 Å². The minimum atomic E-state index is 0.680.